The van der Waals surface area contributed by atoms with E-state index in [2.05, 4.69) is 22.6 Å². The van der Waals surface area contributed by atoms with Crippen LogP contribution in [0, 0.1) is 5.92 Å². The van der Waals surface area contributed by atoms with Crippen molar-refractivity contribution in [1.82, 2.24) is 20.3 Å². The van der Waals surface area contributed by atoms with Crippen molar-refractivity contribution in [3.63, 3.8) is 0 Å². The Morgan fingerprint density at radius 2 is 1.70 bits per heavy atom. The molecule has 3 heterocycles. The zero-order chi connectivity index (χ0) is 28.6. The number of unbranched alkanes of at least 4 members (excludes halogenated alkanes) is 1. The quantitative estimate of drug-likeness (QED) is 0.169. The summed E-state index contributed by atoms with van der Waals surface area (Å²) in [5.74, 6) is -0.208. The Morgan fingerprint density at radius 3 is 2.38 bits per heavy atom. The number of aliphatic hydroxyl groups excluding tert-OH is 2. The molecule has 2 fully saturated rings. The number of aromatic nitrogens is 3. The molecule has 0 aromatic carbocycles. The van der Waals surface area contributed by atoms with Gasteiger partial charge in [0.1, 0.15) is 17.4 Å². The molecule has 2 saturated heterocycles. The Balaban J connectivity index is 1.10. The SMILES string of the molecule is CCCCC(=O)NCCOCCCOCCCOCCCOCc1cn(C[C@@]23CO[C@@H](O2)[C@H](C)[C@@H](O)[C@H]3O)nn1. The summed E-state index contributed by atoms with van der Waals surface area (Å²) in [7, 11) is 0. The monoisotopic (exact) mass is 572 g/mol. The van der Waals surface area contributed by atoms with Crippen LogP contribution >= 0.6 is 0 Å². The molecule has 0 saturated carbocycles. The lowest BCUT2D eigenvalue weighted by atomic mass is 9.85. The molecule has 0 spiro atoms. The molecule has 13 nitrogen and oxygen atoms in total. The van der Waals surface area contributed by atoms with Crippen LogP contribution in [-0.2, 0) is 46.4 Å². The van der Waals surface area contributed by atoms with Crippen LogP contribution in [0.3, 0.4) is 0 Å². The van der Waals surface area contributed by atoms with Crippen molar-refractivity contribution in [3.05, 3.63) is 11.9 Å². The van der Waals surface area contributed by atoms with Crippen LogP contribution in [0.15, 0.2) is 6.20 Å². The Morgan fingerprint density at radius 1 is 1.05 bits per heavy atom. The van der Waals surface area contributed by atoms with Crippen molar-refractivity contribution in [2.75, 3.05) is 59.4 Å². The fraction of sp³-hybridized carbons (Fsp3) is 0.889. The van der Waals surface area contributed by atoms with E-state index in [0.29, 0.717) is 71.5 Å². The van der Waals surface area contributed by atoms with Crippen LogP contribution in [-0.4, -0.2) is 115 Å². The van der Waals surface area contributed by atoms with E-state index in [1.54, 1.807) is 17.8 Å². The molecule has 2 aliphatic rings. The van der Waals surface area contributed by atoms with E-state index < -0.39 is 24.1 Å². The number of nitrogens with one attached hydrogen (secondary N) is 1. The fourth-order valence-electron chi connectivity index (χ4n) is 4.59. The zero-order valence-corrected chi connectivity index (χ0v) is 24.0. The van der Waals surface area contributed by atoms with Crippen LogP contribution in [0.5, 0.6) is 0 Å². The second-order valence-electron chi connectivity index (χ2n) is 10.5. The lowest BCUT2D eigenvalue weighted by Gasteiger charge is -2.41. The number of amides is 1. The van der Waals surface area contributed by atoms with Gasteiger partial charge in [0.2, 0.25) is 5.91 Å². The minimum absolute atomic E-state index is 0.0913. The van der Waals surface area contributed by atoms with Crippen LogP contribution in [0.25, 0.3) is 0 Å². The molecule has 3 rings (SSSR count). The van der Waals surface area contributed by atoms with Crippen molar-refractivity contribution in [2.24, 2.45) is 5.92 Å². The second-order valence-corrected chi connectivity index (χ2v) is 10.5. The highest BCUT2D eigenvalue weighted by Crippen LogP contribution is 2.40. The first kappa shape index (κ1) is 32.8. The van der Waals surface area contributed by atoms with Crippen LogP contribution in [0.2, 0.25) is 0 Å². The minimum atomic E-state index is -1.07. The van der Waals surface area contributed by atoms with E-state index in [-0.39, 0.29) is 25.0 Å². The third-order valence-corrected chi connectivity index (χ3v) is 7.00. The highest BCUT2D eigenvalue weighted by atomic mass is 16.7. The van der Waals surface area contributed by atoms with Gasteiger partial charge < -0.3 is 44.0 Å². The summed E-state index contributed by atoms with van der Waals surface area (Å²) in [6, 6.07) is 0. The lowest BCUT2D eigenvalue weighted by molar-refractivity contribution is -0.240. The van der Waals surface area contributed by atoms with Crippen molar-refractivity contribution >= 4 is 5.91 Å². The molecule has 2 aliphatic heterocycles. The van der Waals surface area contributed by atoms with Gasteiger partial charge >= 0.3 is 0 Å². The van der Waals surface area contributed by atoms with E-state index in [4.69, 9.17) is 28.4 Å². The topological polar surface area (TPSA) is 156 Å². The number of carbonyl (C=O) groups excluding carboxylic acids is 1. The van der Waals surface area contributed by atoms with Gasteiger partial charge in [0.05, 0.1) is 38.7 Å². The average Bonchev–Trinajstić information content (AvgIpc) is 3.58. The van der Waals surface area contributed by atoms with Crippen molar-refractivity contribution < 1.29 is 43.4 Å². The first-order chi connectivity index (χ1) is 19.4. The first-order valence-corrected chi connectivity index (χ1v) is 14.6. The number of ether oxygens (including phenoxy) is 6. The Bertz CT molecular complexity index is 845. The highest BCUT2D eigenvalue weighted by molar-refractivity contribution is 5.75. The molecular formula is C27H48N4O9. The van der Waals surface area contributed by atoms with E-state index in [0.717, 1.165) is 32.1 Å². The van der Waals surface area contributed by atoms with Crippen LogP contribution in [0.4, 0.5) is 0 Å². The van der Waals surface area contributed by atoms with E-state index in [9.17, 15) is 15.0 Å². The molecule has 230 valence electrons. The summed E-state index contributed by atoms with van der Waals surface area (Å²) in [5, 5.41) is 32.0. The first-order valence-electron chi connectivity index (χ1n) is 14.6. The lowest BCUT2D eigenvalue weighted by Crippen LogP contribution is -2.59. The number of rotatable bonds is 22. The normalized spacial score (nSPS) is 25.9. The molecule has 1 aromatic rings. The predicted octanol–water partition coefficient (Wildman–Crippen LogP) is 0.804. The number of nitrogens with zero attached hydrogens (tertiary/aromatic N) is 3. The largest absolute Gasteiger partial charge is 0.390 e. The fourth-order valence-corrected chi connectivity index (χ4v) is 4.59. The summed E-state index contributed by atoms with van der Waals surface area (Å²) >= 11 is 0. The molecule has 1 aromatic heterocycles. The Hall–Kier alpha value is -1.71. The van der Waals surface area contributed by atoms with E-state index in [1.165, 1.54) is 0 Å². The highest BCUT2D eigenvalue weighted by Gasteiger charge is 2.58. The van der Waals surface area contributed by atoms with Gasteiger partial charge in [-0.1, -0.05) is 25.5 Å². The number of aliphatic hydroxyl groups is 2. The molecule has 5 atom stereocenters. The van der Waals surface area contributed by atoms with Crippen molar-refractivity contribution in [3.8, 4) is 0 Å². The Kier molecular flexibility index (Phi) is 14.7. The van der Waals surface area contributed by atoms with Crippen LogP contribution in [0.1, 0.15) is 58.1 Å². The smallest absolute Gasteiger partial charge is 0.220 e. The van der Waals surface area contributed by atoms with Crippen LogP contribution < -0.4 is 5.32 Å². The molecule has 1 amide bonds. The maximum Gasteiger partial charge on any atom is 0.220 e. The third kappa shape index (κ3) is 10.6. The minimum Gasteiger partial charge on any atom is -0.390 e. The van der Waals surface area contributed by atoms with Gasteiger partial charge in [-0.25, -0.2) is 4.68 Å². The standard InChI is InChI=1S/C27H48N4O9/c1-3-4-8-23(32)28-9-16-37-14-6-12-35-10-5-11-36-13-7-15-38-18-22-17-31(30-29-22)19-27-20-39-26(40-27)21(2)24(33)25(27)34/h17,21,24-26,33-34H,3-16,18-20H2,1-2H3,(H,28,32)/t21-,24-,25-,26+,27+/m1/s1. The molecule has 0 radical (unpaired) electrons. The van der Waals surface area contributed by atoms with Crippen molar-refractivity contribution in [1.29, 1.82) is 0 Å². The molecule has 13 heteroatoms. The summed E-state index contributed by atoms with van der Waals surface area (Å²) in [6.45, 7) is 9.37. The van der Waals surface area contributed by atoms with E-state index in [1.807, 2.05) is 0 Å². The van der Waals surface area contributed by atoms with Gasteiger partial charge in [0, 0.05) is 58.5 Å². The maximum atomic E-state index is 11.5. The second kappa shape index (κ2) is 18.0. The maximum absolute atomic E-state index is 11.5. The van der Waals surface area contributed by atoms with Gasteiger partial charge in [-0.05, 0) is 25.7 Å². The van der Waals surface area contributed by atoms with Crippen molar-refractivity contribution in [2.45, 2.75) is 89.6 Å². The number of hydrogen-bond donors (Lipinski definition) is 3. The summed E-state index contributed by atoms with van der Waals surface area (Å²) in [6.07, 6.45) is 4.19. The number of fused-ring (bicyclic) bond motifs is 2. The number of hydrogen-bond acceptors (Lipinski definition) is 11. The third-order valence-electron chi connectivity index (χ3n) is 7.00. The molecule has 3 N–H and O–H groups in total. The molecule has 0 unspecified atom stereocenters. The molecule has 40 heavy (non-hydrogen) atoms. The van der Waals surface area contributed by atoms with Gasteiger partial charge in [-0.3, -0.25) is 4.79 Å². The van der Waals surface area contributed by atoms with E-state index >= 15 is 0 Å². The zero-order valence-electron chi connectivity index (χ0n) is 24.0. The Labute approximate surface area is 236 Å². The van der Waals surface area contributed by atoms with Gasteiger partial charge in [0.15, 0.2) is 6.29 Å². The molecular weight excluding hydrogens is 524 g/mol. The summed E-state index contributed by atoms with van der Waals surface area (Å²) < 4.78 is 35.5. The molecule has 0 aliphatic carbocycles. The average molecular weight is 573 g/mol. The number of carbonyl (C=O) groups is 1. The summed E-state index contributed by atoms with van der Waals surface area (Å²) in [4.78, 5) is 11.5. The summed E-state index contributed by atoms with van der Waals surface area (Å²) in [5.41, 5.74) is -0.364. The van der Waals surface area contributed by atoms with Gasteiger partial charge in [0.25, 0.3) is 0 Å². The predicted molar refractivity (Wildman–Crippen MR) is 143 cm³/mol. The van der Waals surface area contributed by atoms with Gasteiger partial charge in [-0.2, -0.15) is 0 Å². The van der Waals surface area contributed by atoms with Gasteiger partial charge in [-0.15, -0.1) is 5.10 Å². The molecule has 2 bridgehead atoms.